The van der Waals surface area contributed by atoms with E-state index in [4.69, 9.17) is 9.72 Å². The molecule has 5 rings (SSSR count). The number of carbonyl (C=O) groups is 1. The summed E-state index contributed by atoms with van der Waals surface area (Å²) in [6.45, 7) is 0. The number of aromatic nitrogens is 1. The van der Waals surface area contributed by atoms with E-state index in [9.17, 15) is 4.79 Å². The molecule has 0 bridgehead atoms. The number of ether oxygens (including phenoxy) is 1. The van der Waals surface area contributed by atoms with Crippen LogP contribution in [0.25, 0.3) is 10.2 Å². The molecule has 1 unspecified atom stereocenters. The van der Waals surface area contributed by atoms with Crippen molar-refractivity contribution in [1.82, 2.24) is 4.98 Å². The SMILES string of the molecule is COc1ccccc1C1Nc2ccccc2C(=O)N1c1nc2ccccc2s1. The number of methoxy groups -OCH3 is 1. The Morgan fingerprint density at radius 2 is 1.75 bits per heavy atom. The molecule has 5 nitrogen and oxygen atoms in total. The Balaban J connectivity index is 1.71. The second-order valence-electron chi connectivity index (χ2n) is 6.47. The lowest BCUT2D eigenvalue weighted by atomic mass is 10.0. The number of amides is 1. The zero-order valence-electron chi connectivity index (χ0n) is 15.1. The molecule has 138 valence electrons. The minimum absolute atomic E-state index is 0.0793. The summed E-state index contributed by atoms with van der Waals surface area (Å²) in [4.78, 5) is 19.9. The number of anilines is 2. The highest BCUT2D eigenvalue weighted by atomic mass is 32.1. The first-order valence-corrected chi connectivity index (χ1v) is 9.75. The van der Waals surface area contributed by atoms with Gasteiger partial charge < -0.3 is 10.1 Å². The molecule has 0 aliphatic carbocycles. The number of carbonyl (C=O) groups excluding carboxylic acids is 1. The first kappa shape index (κ1) is 16.8. The van der Waals surface area contributed by atoms with Crippen LogP contribution in [0.4, 0.5) is 10.8 Å². The number of thiazole rings is 1. The topological polar surface area (TPSA) is 54.5 Å². The summed E-state index contributed by atoms with van der Waals surface area (Å²) < 4.78 is 6.61. The molecular weight excluding hydrogens is 370 g/mol. The summed E-state index contributed by atoms with van der Waals surface area (Å²) in [5, 5.41) is 4.16. The van der Waals surface area contributed by atoms with Crippen LogP contribution in [-0.2, 0) is 0 Å². The van der Waals surface area contributed by atoms with Crippen LogP contribution in [0.1, 0.15) is 22.1 Å². The molecule has 1 aromatic heterocycles. The van der Waals surface area contributed by atoms with Crippen LogP contribution < -0.4 is 15.0 Å². The molecule has 6 heteroatoms. The minimum atomic E-state index is -0.417. The lowest BCUT2D eigenvalue weighted by molar-refractivity contribution is 0.0974. The summed E-state index contributed by atoms with van der Waals surface area (Å²) in [7, 11) is 1.64. The van der Waals surface area contributed by atoms with Crippen molar-refractivity contribution >= 4 is 38.3 Å². The third-order valence-corrected chi connectivity index (χ3v) is 5.88. The molecule has 0 radical (unpaired) electrons. The van der Waals surface area contributed by atoms with Gasteiger partial charge in [0.25, 0.3) is 5.91 Å². The minimum Gasteiger partial charge on any atom is -0.496 e. The number of nitrogens with zero attached hydrogens (tertiary/aromatic N) is 2. The van der Waals surface area contributed by atoms with Crippen LogP contribution in [0, 0.1) is 0 Å². The molecule has 3 aromatic carbocycles. The third-order valence-electron chi connectivity index (χ3n) is 4.85. The number of rotatable bonds is 3. The second-order valence-corrected chi connectivity index (χ2v) is 7.48. The van der Waals surface area contributed by atoms with Gasteiger partial charge in [-0.25, -0.2) is 4.98 Å². The smallest absolute Gasteiger partial charge is 0.264 e. The van der Waals surface area contributed by atoms with Crippen LogP contribution in [0.5, 0.6) is 5.75 Å². The molecule has 0 saturated heterocycles. The van der Waals surface area contributed by atoms with E-state index in [1.54, 1.807) is 12.0 Å². The highest BCUT2D eigenvalue weighted by Gasteiger charge is 2.37. The number of fused-ring (bicyclic) bond motifs is 2. The molecule has 1 aliphatic rings. The molecule has 0 fully saturated rings. The molecule has 2 heterocycles. The van der Waals surface area contributed by atoms with E-state index in [0.29, 0.717) is 10.7 Å². The molecule has 28 heavy (non-hydrogen) atoms. The Bertz CT molecular complexity index is 1150. The van der Waals surface area contributed by atoms with Gasteiger partial charge in [-0.05, 0) is 30.3 Å². The van der Waals surface area contributed by atoms with Crippen LogP contribution in [-0.4, -0.2) is 18.0 Å². The predicted octanol–water partition coefficient (Wildman–Crippen LogP) is 5.08. The molecular formula is C22H17N3O2S. The number of nitrogens with one attached hydrogen (secondary N) is 1. The second kappa shape index (κ2) is 6.65. The molecule has 1 atom stereocenters. The largest absolute Gasteiger partial charge is 0.496 e. The summed E-state index contributed by atoms with van der Waals surface area (Å²) in [6.07, 6.45) is -0.417. The van der Waals surface area contributed by atoms with Crippen LogP contribution in [0.2, 0.25) is 0 Å². The van der Waals surface area contributed by atoms with E-state index in [-0.39, 0.29) is 5.91 Å². The fourth-order valence-electron chi connectivity index (χ4n) is 3.52. The standard InChI is InChI=1S/C22H17N3O2S/c1-27-18-12-6-3-9-15(18)20-23-16-10-4-2-8-14(16)21(26)25(20)22-24-17-11-5-7-13-19(17)28-22/h2-13,20,23H,1H3. The van der Waals surface area contributed by atoms with Crippen molar-refractivity contribution in [3.63, 3.8) is 0 Å². The molecule has 0 spiro atoms. The van der Waals surface area contributed by atoms with Gasteiger partial charge in [0.05, 0.1) is 22.9 Å². The fraction of sp³-hybridized carbons (Fsp3) is 0.0909. The quantitative estimate of drug-likeness (QED) is 0.533. The fourth-order valence-corrected chi connectivity index (χ4v) is 4.52. The average molecular weight is 387 g/mol. The highest BCUT2D eigenvalue weighted by molar-refractivity contribution is 7.22. The maximum Gasteiger partial charge on any atom is 0.264 e. The van der Waals surface area contributed by atoms with Gasteiger partial charge in [0.2, 0.25) is 0 Å². The van der Waals surface area contributed by atoms with Crippen molar-refractivity contribution in [2.45, 2.75) is 6.17 Å². The molecule has 0 saturated carbocycles. The summed E-state index contributed by atoms with van der Waals surface area (Å²) in [5.41, 5.74) is 3.20. The zero-order chi connectivity index (χ0) is 19.1. The Morgan fingerprint density at radius 1 is 1.00 bits per heavy atom. The molecule has 1 N–H and O–H groups in total. The van der Waals surface area contributed by atoms with Crippen LogP contribution in [0.3, 0.4) is 0 Å². The Morgan fingerprint density at radius 3 is 2.61 bits per heavy atom. The van der Waals surface area contributed by atoms with Crippen molar-refractivity contribution in [2.75, 3.05) is 17.3 Å². The lowest BCUT2D eigenvalue weighted by Crippen LogP contribution is -2.43. The lowest BCUT2D eigenvalue weighted by Gasteiger charge is -2.36. The van der Waals surface area contributed by atoms with Crippen LogP contribution >= 0.6 is 11.3 Å². The zero-order valence-corrected chi connectivity index (χ0v) is 15.9. The van der Waals surface area contributed by atoms with Crippen LogP contribution in [0.15, 0.2) is 72.8 Å². The maximum atomic E-state index is 13.5. The number of benzene rings is 3. The number of para-hydroxylation sites is 3. The maximum absolute atomic E-state index is 13.5. The van der Waals surface area contributed by atoms with Crippen molar-refractivity contribution < 1.29 is 9.53 Å². The molecule has 1 aliphatic heterocycles. The van der Waals surface area contributed by atoms with Crippen molar-refractivity contribution in [3.8, 4) is 5.75 Å². The number of hydrogen-bond donors (Lipinski definition) is 1. The molecule has 4 aromatic rings. The van der Waals surface area contributed by atoms with E-state index >= 15 is 0 Å². The first-order chi connectivity index (χ1) is 13.8. The van der Waals surface area contributed by atoms with E-state index < -0.39 is 6.17 Å². The summed E-state index contributed by atoms with van der Waals surface area (Å²) in [6, 6.07) is 23.2. The number of hydrogen-bond acceptors (Lipinski definition) is 5. The average Bonchev–Trinajstić information content (AvgIpc) is 3.17. The van der Waals surface area contributed by atoms with Gasteiger partial charge in [0, 0.05) is 11.3 Å². The first-order valence-electron chi connectivity index (χ1n) is 8.94. The van der Waals surface area contributed by atoms with E-state index in [0.717, 1.165) is 27.2 Å². The van der Waals surface area contributed by atoms with Gasteiger partial charge in [0.1, 0.15) is 11.9 Å². The van der Waals surface area contributed by atoms with Gasteiger partial charge in [-0.15, -0.1) is 0 Å². The van der Waals surface area contributed by atoms with Gasteiger partial charge in [-0.1, -0.05) is 53.8 Å². The van der Waals surface area contributed by atoms with E-state index in [1.165, 1.54) is 11.3 Å². The van der Waals surface area contributed by atoms with Gasteiger partial charge in [0.15, 0.2) is 5.13 Å². The molecule has 1 amide bonds. The summed E-state index contributed by atoms with van der Waals surface area (Å²) in [5.74, 6) is 0.641. The Hall–Kier alpha value is -3.38. The van der Waals surface area contributed by atoms with Crippen molar-refractivity contribution in [1.29, 1.82) is 0 Å². The Labute approximate surface area is 166 Å². The van der Waals surface area contributed by atoms with Gasteiger partial charge >= 0.3 is 0 Å². The highest BCUT2D eigenvalue weighted by Crippen LogP contribution is 2.41. The van der Waals surface area contributed by atoms with Crippen molar-refractivity contribution in [2.24, 2.45) is 0 Å². The predicted molar refractivity (Wildman–Crippen MR) is 112 cm³/mol. The monoisotopic (exact) mass is 387 g/mol. The summed E-state index contributed by atoms with van der Waals surface area (Å²) >= 11 is 1.51. The van der Waals surface area contributed by atoms with E-state index in [2.05, 4.69) is 5.32 Å². The third kappa shape index (κ3) is 2.61. The van der Waals surface area contributed by atoms with Crippen molar-refractivity contribution in [3.05, 3.63) is 83.9 Å². The van der Waals surface area contributed by atoms with E-state index in [1.807, 2.05) is 72.8 Å². The van der Waals surface area contributed by atoms with Gasteiger partial charge in [-0.2, -0.15) is 0 Å². The normalized spacial score (nSPS) is 16.0. The van der Waals surface area contributed by atoms with Gasteiger partial charge in [-0.3, -0.25) is 9.69 Å². The Kier molecular flexibility index (Phi) is 3.98.